The lowest BCUT2D eigenvalue weighted by atomic mass is 10.1. The average Bonchev–Trinajstić information content (AvgIpc) is 2.98. The number of aliphatic hydroxyl groups excluding tert-OH is 1. The van der Waals surface area contributed by atoms with Crippen molar-refractivity contribution in [1.29, 1.82) is 0 Å². The predicted molar refractivity (Wildman–Crippen MR) is 67.8 cm³/mol. The van der Waals surface area contributed by atoms with Gasteiger partial charge in [-0.1, -0.05) is 12.1 Å². The molecule has 0 fully saturated rings. The Balaban J connectivity index is 2.08. The van der Waals surface area contributed by atoms with Gasteiger partial charge in [-0.2, -0.15) is 0 Å². The van der Waals surface area contributed by atoms with E-state index in [1.165, 1.54) is 6.26 Å². The highest BCUT2D eigenvalue weighted by atomic mass is 16.3. The number of aldehydes is 1. The van der Waals surface area contributed by atoms with Crippen molar-refractivity contribution in [2.45, 2.75) is 6.04 Å². The van der Waals surface area contributed by atoms with Crippen LogP contribution >= 0.6 is 0 Å². The quantitative estimate of drug-likeness (QED) is 0.798. The maximum atomic E-state index is 12.0. The summed E-state index contributed by atoms with van der Waals surface area (Å²) in [5, 5.41) is 11.9. The topological polar surface area (TPSA) is 79.5 Å². The fourth-order valence-electron chi connectivity index (χ4n) is 1.65. The molecule has 0 radical (unpaired) electrons. The summed E-state index contributed by atoms with van der Waals surface area (Å²) >= 11 is 0. The van der Waals surface area contributed by atoms with E-state index in [2.05, 4.69) is 5.32 Å². The number of hydrogen-bond donors (Lipinski definition) is 2. The lowest BCUT2D eigenvalue weighted by Gasteiger charge is -2.13. The first-order valence-electron chi connectivity index (χ1n) is 5.75. The Morgan fingerprint density at radius 1 is 1.32 bits per heavy atom. The zero-order valence-electron chi connectivity index (χ0n) is 10.1. The normalized spacial score (nSPS) is 11.8. The van der Waals surface area contributed by atoms with Crippen LogP contribution in [0, 0.1) is 0 Å². The van der Waals surface area contributed by atoms with Crippen LogP contribution in [0.3, 0.4) is 0 Å². The Morgan fingerprint density at radius 3 is 2.58 bits per heavy atom. The van der Waals surface area contributed by atoms with E-state index in [0.717, 1.165) is 0 Å². The molecule has 1 amide bonds. The molecule has 0 aliphatic carbocycles. The Bertz CT molecular complexity index is 545. The van der Waals surface area contributed by atoms with Crippen molar-refractivity contribution in [1.82, 2.24) is 5.32 Å². The molecule has 1 unspecified atom stereocenters. The maximum absolute atomic E-state index is 12.0. The van der Waals surface area contributed by atoms with E-state index in [4.69, 9.17) is 4.42 Å². The molecule has 0 spiro atoms. The number of nitrogens with one attached hydrogen (secondary N) is 1. The molecule has 5 nitrogen and oxygen atoms in total. The van der Waals surface area contributed by atoms with Crippen LogP contribution in [0.5, 0.6) is 0 Å². The van der Waals surface area contributed by atoms with Crippen LogP contribution in [0.1, 0.15) is 32.5 Å². The van der Waals surface area contributed by atoms with E-state index in [0.29, 0.717) is 23.2 Å². The van der Waals surface area contributed by atoms with Gasteiger partial charge in [0.2, 0.25) is 0 Å². The van der Waals surface area contributed by atoms with Gasteiger partial charge < -0.3 is 14.8 Å². The summed E-state index contributed by atoms with van der Waals surface area (Å²) in [7, 11) is 0. The average molecular weight is 259 g/mol. The molecule has 2 aromatic rings. The summed E-state index contributed by atoms with van der Waals surface area (Å²) in [6, 6.07) is 8.99. The van der Waals surface area contributed by atoms with Crippen LogP contribution in [0.25, 0.3) is 0 Å². The van der Waals surface area contributed by atoms with Crippen molar-refractivity contribution in [3.05, 3.63) is 59.5 Å². The molecule has 0 aliphatic rings. The second-order valence-corrected chi connectivity index (χ2v) is 3.96. The van der Waals surface area contributed by atoms with Gasteiger partial charge in [0, 0.05) is 11.1 Å². The first kappa shape index (κ1) is 13.0. The maximum Gasteiger partial charge on any atom is 0.251 e. The second kappa shape index (κ2) is 5.97. The first-order chi connectivity index (χ1) is 9.24. The summed E-state index contributed by atoms with van der Waals surface area (Å²) in [6.07, 6.45) is 2.18. The van der Waals surface area contributed by atoms with E-state index in [-0.39, 0.29) is 12.5 Å². The minimum absolute atomic E-state index is 0.258. The van der Waals surface area contributed by atoms with Crippen molar-refractivity contribution in [3.63, 3.8) is 0 Å². The Morgan fingerprint density at radius 2 is 2.05 bits per heavy atom. The number of aliphatic hydroxyl groups is 1. The fourth-order valence-corrected chi connectivity index (χ4v) is 1.65. The van der Waals surface area contributed by atoms with Crippen molar-refractivity contribution < 1.29 is 19.1 Å². The molecule has 98 valence electrons. The summed E-state index contributed by atoms with van der Waals surface area (Å²) in [5.74, 6) is 0.147. The lowest BCUT2D eigenvalue weighted by Crippen LogP contribution is -2.30. The van der Waals surface area contributed by atoms with E-state index < -0.39 is 6.04 Å². The third-order valence-corrected chi connectivity index (χ3v) is 2.68. The van der Waals surface area contributed by atoms with E-state index in [1.807, 2.05) is 0 Å². The second-order valence-electron chi connectivity index (χ2n) is 3.96. The molecule has 1 heterocycles. The largest absolute Gasteiger partial charge is 0.467 e. The Labute approximate surface area is 109 Å². The Hall–Kier alpha value is -2.40. The van der Waals surface area contributed by atoms with Gasteiger partial charge in [0.1, 0.15) is 18.1 Å². The number of benzene rings is 1. The van der Waals surface area contributed by atoms with Crippen LogP contribution in [0.4, 0.5) is 0 Å². The predicted octanol–water partition coefficient (Wildman–Crippen LogP) is 1.56. The zero-order chi connectivity index (χ0) is 13.7. The van der Waals surface area contributed by atoms with Gasteiger partial charge in [-0.3, -0.25) is 9.59 Å². The van der Waals surface area contributed by atoms with Crippen molar-refractivity contribution in [2.24, 2.45) is 0 Å². The van der Waals surface area contributed by atoms with Crippen molar-refractivity contribution in [2.75, 3.05) is 6.61 Å². The third-order valence-electron chi connectivity index (χ3n) is 2.68. The van der Waals surface area contributed by atoms with E-state index in [9.17, 15) is 14.7 Å². The summed E-state index contributed by atoms with van der Waals surface area (Å²) in [6.45, 7) is -0.258. The molecule has 0 saturated heterocycles. The molecular weight excluding hydrogens is 246 g/mol. The van der Waals surface area contributed by atoms with Gasteiger partial charge in [-0.05, 0) is 24.3 Å². The Kier molecular flexibility index (Phi) is 4.10. The van der Waals surface area contributed by atoms with Gasteiger partial charge in [-0.25, -0.2) is 0 Å². The summed E-state index contributed by atoms with van der Waals surface area (Å²) in [4.78, 5) is 22.5. The number of amides is 1. The molecule has 1 atom stereocenters. The van der Waals surface area contributed by atoms with E-state index in [1.54, 1.807) is 36.4 Å². The number of hydrogen-bond acceptors (Lipinski definition) is 4. The van der Waals surface area contributed by atoms with Crippen LogP contribution in [0.2, 0.25) is 0 Å². The molecule has 5 heteroatoms. The highest BCUT2D eigenvalue weighted by Gasteiger charge is 2.16. The number of carbonyl (C=O) groups is 2. The number of carbonyl (C=O) groups excluding carboxylic acids is 2. The van der Waals surface area contributed by atoms with Gasteiger partial charge in [-0.15, -0.1) is 0 Å². The monoisotopic (exact) mass is 259 g/mol. The molecule has 0 bridgehead atoms. The summed E-state index contributed by atoms with van der Waals surface area (Å²) in [5.41, 5.74) is 0.914. The van der Waals surface area contributed by atoms with Gasteiger partial charge in [0.25, 0.3) is 5.91 Å². The summed E-state index contributed by atoms with van der Waals surface area (Å²) < 4.78 is 5.14. The fraction of sp³-hybridized carbons (Fsp3) is 0.143. The highest BCUT2D eigenvalue weighted by molar-refractivity contribution is 5.95. The molecule has 0 saturated carbocycles. The van der Waals surface area contributed by atoms with Crippen molar-refractivity contribution in [3.8, 4) is 0 Å². The molecule has 0 aliphatic heterocycles. The minimum atomic E-state index is -0.590. The van der Waals surface area contributed by atoms with Crippen LogP contribution in [0.15, 0.2) is 47.1 Å². The molecule has 2 rings (SSSR count). The number of furan rings is 1. The molecule has 1 aromatic carbocycles. The standard InChI is InChI=1S/C14H13NO4/c16-8-10-3-5-11(6-4-10)14(18)15-12(9-17)13-2-1-7-19-13/h1-8,12,17H,9H2,(H,15,18). The SMILES string of the molecule is O=Cc1ccc(C(=O)NC(CO)c2ccco2)cc1. The van der Waals surface area contributed by atoms with E-state index >= 15 is 0 Å². The molecule has 2 N–H and O–H groups in total. The minimum Gasteiger partial charge on any atom is -0.467 e. The first-order valence-corrected chi connectivity index (χ1v) is 5.75. The third kappa shape index (κ3) is 3.08. The lowest BCUT2D eigenvalue weighted by molar-refractivity contribution is 0.0907. The highest BCUT2D eigenvalue weighted by Crippen LogP contribution is 2.13. The van der Waals surface area contributed by atoms with Crippen molar-refractivity contribution >= 4 is 12.2 Å². The molecular formula is C14H13NO4. The smallest absolute Gasteiger partial charge is 0.251 e. The van der Waals surface area contributed by atoms with Crippen LogP contribution in [-0.4, -0.2) is 23.9 Å². The van der Waals surface area contributed by atoms with Gasteiger partial charge in [0.15, 0.2) is 0 Å². The van der Waals surface area contributed by atoms with Crippen LogP contribution in [-0.2, 0) is 0 Å². The van der Waals surface area contributed by atoms with Crippen LogP contribution < -0.4 is 5.32 Å². The number of rotatable bonds is 5. The van der Waals surface area contributed by atoms with Gasteiger partial charge in [0.05, 0.1) is 12.9 Å². The molecule has 19 heavy (non-hydrogen) atoms. The zero-order valence-corrected chi connectivity index (χ0v) is 10.1. The van der Waals surface area contributed by atoms with Gasteiger partial charge >= 0.3 is 0 Å². The molecule has 1 aromatic heterocycles.